The van der Waals surface area contributed by atoms with Crippen LogP contribution >= 0.6 is 0 Å². The lowest BCUT2D eigenvalue weighted by atomic mass is 9.94. The molecule has 0 unspecified atom stereocenters. The van der Waals surface area contributed by atoms with E-state index in [2.05, 4.69) is 22.2 Å². The summed E-state index contributed by atoms with van der Waals surface area (Å²) in [4.78, 5) is 4.64. The van der Waals surface area contributed by atoms with Gasteiger partial charge in [-0.05, 0) is 18.7 Å². The second kappa shape index (κ2) is 8.02. The fraction of sp³-hybridized carbons (Fsp3) is 0.227. The molecule has 0 fully saturated rings. The van der Waals surface area contributed by atoms with Gasteiger partial charge in [-0.15, -0.1) is 0 Å². The van der Waals surface area contributed by atoms with Crippen molar-refractivity contribution in [2.45, 2.75) is 19.6 Å². The van der Waals surface area contributed by atoms with Crippen molar-refractivity contribution in [1.82, 2.24) is 15.6 Å². The average Bonchev–Trinajstić information content (AvgIpc) is 2.70. The number of rotatable bonds is 6. The van der Waals surface area contributed by atoms with E-state index in [1.165, 1.54) is 6.07 Å². The molecule has 0 aliphatic heterocycles. The molecule has 0 saturated heterocycles. The van der Waals surface area contributed by atoms with Crippen LogP contribution in [0.4, 0.5) is 13.2 Å². The summed E-state index contributed by atoms with van der Waals surface area (Å²) in [5, 5.41) is 6.99. The van der Waals surface area contributed by atoms with E-state index in [1.54, 1.807) is 7.05 Å². The second-order valence-corrected chi connectivity index (χ2v) is 6.42. The van der Waals surface area contributed by atoms with Gasteiger partial charge in [0, 0.05) is 41.4 Å². The van der Waals surface area contributed by atoms with Gasteiger partial charge in [-0.2, -0.15) is 13.2 Å². The summed E-state index contributed by atoms with van der Waals surface area (Å²) in [7, 11) is 1.75. The summed E-state index contributed by atoms with van der Waals surface area (Å²) < 4.78 is 39.7. The smallest absolute Gasteiger partial charge is 0.388 e. The van der Waals surface area contributed by atoms with Crippen LogP contribution < -0.4 is 10.6 Å². The molecule has 3 rings (SSSR count). The predicted molar refractivity (Wildman–Crippen MR) is 108 cm³/mol. The molecule has 2 aromatic carbocycles. The topological polar surface area (TPSA) is 37.0 Å². The molecule has 1 heterocycles. The van der Waals surface area contributed by atoms with Crippen molar-refractivity contribution in [2.24, 2.45) is 0 Å². The third kappa shape index (κ3) is 3.87. The minimum atomic E-state index is -4.43. The van der Waals surface area contributed by atoms with E-state index in [4.69, 9.17) is 0 Å². The molecule has 0 radical (unpaired) electrons. The number of nitrogens with zero attached hydrogens (tertiary/aromatic N) is 1. The number of aromatic nitrogens is 1. The largest absolute Gasteiger partial charge is 0.416 e. The van der Waals surface area contributed by atoms with Crippen LogP contribution in [-0.4, -0.2) is 18.6 Å². The van der Waals surface area contributed by atoms with Gasteiger partial charge in [0.25, 0.3) is 0 Å². The molecule has 0 aliphatic rings. The summed E-state index contributed by atoms with van der Waals surface area (Å²) in [5.74, 6) is 0. The van der Waals surface area contributed by atoms with Crippen LogP contribution in [0, 0.1) is 0 Å². The van der Waals surface area contributed by atoms with Gasteiger partial charge in [0.1, 0.15) is 0 Å². The number of fused-ring (bicyclic) bond motifs is 1. The summed E-state index contributed by atoms with van der Waals surface area (Å²) in [6, 6.07) is 13.2. The zero-order valence-electron chi connectivity index (χ0n) is 15.8. The quantitative estimate of drug-likeness (QED) is 0.611. The van der Waals surface area contributed by atoms with Crippen molar-refractivity contribution >= 4 is 16.6 Å². The monoisotopic (exact) mass is 385 g/mol. The first-order valence-corrected chi connectivity index (χ1v) is 9.03. The third-order valence-electron chi connectivity index (χ3n) is 4.62. The normalized spacial score (nSPS) is 11.6. The van der Waals surface area contributed by atoms with Crippen LogP contribution in [0.1, 0.15) is 23.6 Å². The zero-order valence-corrected chi connectivity index (χ0v) is 15.8. The van der Waals surface area contributed by atoms with Gasteiger partial charge in [-0.1, -0.05) is 49.9 Å². The molecule has 0 bridgehead atoms. The summed E-state index contributed by atoms with van der Waals surface area (Å²) in [5.41, 5.74) is 3.39. The number of hydrogen-bond acceptors (Lipinski definition) is 3. The maximum Gasteiger partial charge on any atom is 0.416 e. The van der Waals surface area contributed by atoms with Crippen LogP contribution in [0.5, 0.6) is 0 Å². The maximum atomic E-state index is 13.2. The molecule has 146 valence electrons. The van der Waals surface area contributed by atoms with Crippen molar-refractivity contribution in [3.05, 3.63) is 71.8 Å². The van der Waals surface area contributed by atoms with Crippen LogP contribution in [0.15, 0.2) is 55.1 Å². The molecule has 0 aliphatic carbocycles. The fourth-order valence-corrected chi connectivity index (χ4v) is 3.21. The van der Waals surface area contributed by atoms with Gasteiger partial charge in [0.15, 0.2) is 0 Å². The zero-order chi connectivity index (χ0) is 20.3. The number of nitrogens with one attached hydrogen (secondary N) is 2. The Labute approximate surface area is 162 Å². The molecule has 3 aromatic rings. The van der Waals surface area contributed by atoms with Crippen molar-refractivity contribution in [1.29, 1.82) is 0 Å². The lowest BCUT2D eigenvalue weighted by molar-refractivity contribution is -0.137. The number of benzene rings is 2. The Morgan fingerprint density at radius 2 is 1.82 bits per heavy atom. The highest BCUT2D eigenvalue weighted by molar-refractivity contribution is 5.95. The van der Waals surface area contributed by atoms with Crippen LogP contribution in [-0.2, 0) is 12.7 Å². The Balaban J connectivity index is 2.38. The van der Waals surface area contributed by atoms with E-state index in [0.717, 1.165) is 35.4 Å². The van der Waals surface area contributed by atoms with Crippen molar-refractivity contribution < 1.29 is 13.2 Å². The molecule has 28 heavy (non-hydrogen) atoms. The first-order chi connectivity index (χ1) is 13.4. The molecule has 0 amide bonds. The first kappa shape index (κ1) is 19.9. The minimum Gasteiger partial charge on any atom is -0.388 e. The van der Waals surface area contributed by atoms with E-state index >= 15 is 0 Å². The second-order valence-electron chi connectivity index (χ2n) is 6.42. The highest BCUT2D eigenvalue weighted by atomic mass is 19.4. The van der Waals surface area contributed by atoms with E-state index in [0.29, 0.717) is 28.8 Å². The van der Waals surface area contributed by atoms with E-state index in [9.17, 15) is 13.2 Å². The lowest BCUT2D eigenvalue weighted by Gasteiger charge is -2.20. The van der Waals surface area contributed by atoms with Crippen LogP contribution in [0.2, 0.25) is 0 Å². The van der Waals surface area contributed by atoms with Crippen LogP contribution in [0.3, 0.4) is 0 Å². The Morgan fingerprint density at radius 1 is 1.11 bits per heavy atom. The molecule has 2 N–H and O–H groups in total. The van der Waals surface area contributed by atoms with E-state index in [1.807, 2.05) is 37.3 Å². The van der Waals surface area contributed by atoms with E-state index < -0.39 is 11.7 Å². The average molecular weight is 385 g/mol. The minimum absolute atomic E-state index is 0.292. The molecular weight excluding hydrogens is 363 g/mol. The Kier molecular flexibility index (Phi) is 5.70. The number of alkyl halides is 3. The summed E-state index contributed by atoms with van der Waals surface area (Å²) >= 11 is 0. The number of hydrogen-bond donors (Lipinski definition) is 2. The van der Waals surface area contributed by atoms with Crippen molar-refractivity contribution in [2.75, 3.05) is 13.6 Å². The molecule has 0 saturated carbocycles. The van der Waals surface area contributed by atoms with Gasteiger partial charge >= 0.3 is 6.18 Å². The van der Waals surface area contributed by atoms with Crippen molar-refractivity contribution in [3.63, 3.8) is 0 Å². The molecule has 3 nitrogen and oxygen atoms in total. The highest BCUT2D eigenvalue weighted by Crippen LogP contribution is 2.36. The summed E-state index contributed by atoms with van der Waals surface area (Å²) in [6.07, 6.45) is -4.43. The Hall–Kier alpha value is -2.86. The third-order valence-corrected chi connectivity index (χ3v) is 4.62. The Morgan fingerprint density at radius 3 is 2.43 bits per heavy atom. The number of pyridine rings is 1. The Bertz CT molecular complexity index is 995. The van der Waals surface area contributed by atoms with Gasteiger partial charge in [-0.25, -0.2) is 4.98 Å². The highest BCUT2D eigenvalue weighted by Gasteiger charge is 2.31. The lowest BCUT2D eigenvalue weighted by Crippen LogP contribution is -2.17. The maximum absolute atomic E-state index is 13.2. The SMILES string of the molecule is C=C(NC)c1c(CNCC)c(-c2ccccc2)nc2cc(C(F)(F)F)ccc12. The molecule has 1 aromatic heterocycles. The van der Waals surface area contributed by atoms with Gasteiger partial charge in [-0.3, -0.25) is 0 Å². The standard InChI is InChI=1S/C22H22F3N3/c1-4-27-13-18-20(14(2)26-3)17-11-10-16(22(23,24)25)12-19(17)28-21(18)15-8-6-5-7-9-15/h5-12,26-27H,2,4,13H2,1,3H3. The van der Waals surface area contributed by atoms with Crippen LogP contribution in [0.25, 0.3) is 27.9 Å². The predicted octanol–water partition coefficient (Wildman–Crippen LogP) is 5.22. The van der Waals surface area contributed by atoms with Gasteiger partial charge in [0.05, 0.1) is 16.8 Å². The van der Waals surface area contributed by atoms with Crippen molar-refractivity contribution in [3.8, 4) is 11.3 Å². The summed E-state index contributed by atoms with van der Waals surface area (Å²) in [6.45, 7) is 7.36. The molecule has 6 heteroatoms. The molecule has 0 atom stereocenters. The first-order valence-electron chi connectivity index (χ1n) is 9.03. The van der Waals surface area contributed by atoms with Gasteiger partial charge in [0.2, 0.25) is 0 Å². The fourth-order valence-electron chi connectivity index (χ4n) is 3.21. The molecule has 0 spiro atoms. The molecular formula is C22H22F3N3. The van der Waals surface area contributed by atoms with E-state index in [-0.39, 0.29) is 0 Å². The van der Waals surface area contributed by atoms with Gasteiger partial charge < -0.3 is 10.6 Å². The number of halogens is 3.